The molecular formula is C18H28ClN3O3S. The highest BCUT2D eigenvalue weighted by Gasteiger charge is 2.28. The van der Waals surface area contributed by atoms with Crippen molar-refractivity contribution in [1.82, 2.24) is 14.5 Å². The zero-order valence-corrected chi connectivity index (χ0v) is 16.8. The molecule has 0 bridgehead atoms. The van der Waals surface area contributed by atoms with Crippen molar-refractivity contribution in [3.63, 3.8) is 0 Å². The Morgan fingerprint density at radius 3 is 2.46 bits per heavy atom. The van der Waals surface area contributed by atoms with E-state index < -0.39 is 10.0 Å². The molecule has 6 nitrogen and oxygen atoms in total. The summed E-state index contributed by atoms with van der Waals surface area (Å²) in [4.78, 5) is 14.8. The van der Waals surface area contributed by atoms with Crippen LogP contribution in [0.2, 0.25) is 0 Å². The van der Waals surface area contributed by atoms with E-state index in [9.17, 15) is 13.2 Å². The minimum atomic E-state index is -3.54. The van der Waals surface area contributed by atoms with Crippen LogP contribution in [-0.4, -0.2) is 62.3 Å². The monoisotopic (exact) mass is 401 g/mol. The van der Waals surface area contributed by atoms with E-state index in [1.807, 2.05) is 11.8 Å². The summed E-state index contributed by atoms with van der Waals surface area (Å²) in [5.41, 5.74) is 0.449. The van der Waals surface area contributed by atoms with Crippen molar-refractivity contribution in [2.75, 3.05) is 32.7 Å². The maximum atomic E-state index is 12.9. The largest absolute Gasteiger partial charge is 0.333 e. The van der Waals surface area contributed by atoms with E-state index in [2.05, 4.69) is 5.32 Å². The molecule has 2 aliphatic heterocycles. The van der Waals surface area contributed by atoms with Gasteiger partial charge < -0.3 is 10.2 Å². The molecule has 1 N–H and O–H groups in total. The number of hydrogen-bond acceptors (Lipinski definition) is 4. The predicted molar refractivity (Wildman–Crippen MR) is 104 cm³/mol. The summed E-state index contributed by atoms with van der Waals surface area (Å²) in [6.07, 6.45) is 3.95. The highest BCUT2D eigenvalue weighted by atomic mass is 35.5. The van der Waals surface area contributed by atoms with E-state index in [-0.39, 0.29) is 29.3 Å². The van der Waals surface area contributed by atoms with Crippen LogP contribution in [0, 0.1) is 0 Å². The minimum Gasteiger partial charge on any atom is -0.333 e. The first kappa shape index (κ1) is 21.2. The molecule has 1 amide bonds. The lowest BCUT2D eigenvalue weighted by Crippen LogP contribution is -2.52. The molecular weight excluding hydrogens is 374 g/mol. The third-order valence-electron chi connectivity index (χ3n) is 5.05. The second-order valence-corrected chi connectivity index (χ2v) is 8.84. The molecule has 0 spiro atoms. The van der Waals surface area contributed by atoms with Crippen LogP contribution in [0.4, 0.5) is 0 Å². The molecule has 26 heavy (non-hydrogen) atoms. The summed E-state index contributed by atoms with van der Waals surface area (Å²) in [5, 5.41) is 3.26. The Morgan fingerprint density at radius 1 is 1.12 bits per heavy atom. The molecule has 0 unspecified atom stereocenters. The van der Waals surface area contributed by atoms with E-state index in [1.165, 1.54) is 6.07 Å². The molecule has 0 radical (unpaired) electrons. The molecule has 0 aliphatic carbocycles. The predicted octanol–water partition coefficient (Wildman–Crippen LogP) is 2.11. The number of nitrogens with one attached hydrogen (secondary N) is 1. The molecule has 2 aliphatic rings. The number of halogens is 1. The zero-order valence-electron chi connectivity index (χ0n) is 15.2. The summed E-state index contributed by atoms with van der Waals surface area (Å²) in [6.45, 7) is 5.30. The van der Waals surface area contributed by atoms with Gasteiger partial charge in [-0.25, -0.2) is 8.42 Å². The molecule has 2 fully saturated rings. The Bertz CT molecular complexity index is 718. The normalized spacial score (nSPS) is 22.3. The fourth-order valence-corrected chi connectivity index (χ4v) is 5.09. The van der Waals surface area contributed by atoms with Crippen LogP contribution in [0.1, 0.15) is 43.0 Å². The fourth-order valence-electron chi connectivity index (χ4n) is 3.53. The van der Waals surface area contributed by atoms with E-state index in [1.54, 1.807) is 22.5 Å². The van der Waals surface area contributed by atoms with Crippen molar-refractivity contribution in [3.8, 4) is 0 Å². The van der Waals surface area contributed by atoms with Crippen LogP contribution in [0.3, 0.4) is 0 Å². The molecule has 3 rings (SSSR count). The summed E-state index contributed by atoms with van der Waals surface area (Å²) in [6, 6.07) is 6.62. The molecule has 2 saturated heterocycles. The van der Waals surface area contributed by atoms with Gasteiger partial charge in [0.15, 0.2) is 0 Å². The first-order valence-electron chi connectivity index (χ1n) is 9.12. The number of hydrogen-bond donors (Lipinski definition) is 1. The first-order valence-corrected chi connectivity index (χ1v) is 10.6. The lowest BCUT2D eigenvalue weighted by Gasteiger charge is -2.34. The average molecular weight is 402 g/mol. The zero-order chi connectivity index (χ0) is 17.9. The first-order chi connectivity index (χ1) is 12.0. The summed E-state index contributed by atoms with van der Waals surface area (Å²) < 4.78 is 27.5. The topological polar surface area (TPSA) is 69.7 Å². The number of carbonyl (C=O) groups is 1. The van der Waals surface area contributed by atoms with Gasteiger partial charge >= 0.3 is 0 Å². The number of piperazine rings is 1. The van der Waals surface area contributed by atoms with Gasteiger partial charge in [-0.2, -0.15) is 4.31 Å². The Kier molecular flexibility index (Phi) is 7.46. The lowest BCUT2D eigenvalue weighted by molar-refractivity contribution is 0.0655. The standard InChI is InChI=1S/C18H27N3O3S.ClH/c1-15-14-19-9-12-21(15)18(22)16-7-6-8-17(13-16)25(23,24)20-10-4-2-3-5-11-20;/h6-8,13,15,19H,2-5,9-12,14H2,1H3;1H/t15-;/m1./s1. The fraction of sp³-hybridized carbons (Fsp3) is 0.611. The average Bonchev–Trinajstić information content (AvgIpc) is 2.92. The molecule has 1 aromatic carbocycles. The van der Waals surface area contributed by atoms with Crippen molar-refractivity contribution in [3.05, 3.63) is 29.8 Å². The number of sulfonamides is 1. The molecule has 0 saturated carbocycles. The molecule has 0 aromatic heterocycles. The summed E-state index contributed by atoms with van der Waals surface area (Å²) in [5.74, 6) is -0.0954. The number of carbonyl (C=O) groups excluding carboxylic acids is 1. The molecule has 146 valence electrons. The van der Waals surface area contributed by atoms with E-state index >= 15 is 0 Å². The smallest absolute Gasteiger partial charge is 0.254 e. The SMILES string of the molecule is C[C@@H]1CNCCN1C(=O)c1cccc(S(=O)(=O)N2CCCCCC2)c1.Cl. The van der Waals surface area contributed by atoms with Gasteiger partial charge in [0.2, 0.25) is 10.0 Å². The van der Waals surface area contributed by atoms with Gasteiger partial charge in [0.1, 0.15) is 0 Å². The van der Waals surface area contributed by atoms with Crippen LogP contribution < -0.4 is 5.32 Å². The molecule has 1 aromatic rings. The van der Waals surface area contributed by atoms with Crippen molar-refractivity contribution < 1.29 is 13.2 Å². The third-order valence-corrected chi connectivity index (χ3v) is 6.94. The number of benzene rings is 1. The van der Waals surface area contributed by atoms with E-state index in [0.29, 0.717) is 25.2 Å². The highest BCUT2D eigenvalue weighted by molar-refractivity contribution is 7.89. The third kappa shape index (κ3) is 4.57. The quantitative estimate of drug-likeness (QED) is 0.842. The van der Waals surface area contributed by atoms with Gasteiger partial charge in [0.05, 0.1) is 4.90 Å². The van der Waals surface area contributed by atoms with Gasteiger partial charge in [-0.1, -0.05) is 18.9 Å². The van der Waals surface area contributed by atoms with E-state index in [0.717, 1.165) is 38.8 Å². The number of rotatable bonds is 3. The Labute approximate surface area is 162 Å². The summed E-state index contributed by atoms with van der Waals surface area (Å²) >= 11 is 0. The lowest BCUT2D eigenvalue weighted by atomic mass is 10.1. The molecule has 8 heteroatoms. The number of nitrogens with zero attached hydrogens (tertiary/aromatic N) is 2. The highest BCUT2D eigenvalue weighted by Crippen LogP contribution is 2.22. The van der Waals surface area contributed by atoms with Crippen LogP contribution in [0.15, 0.2) is 29.2 Å². The molecule has 2 heterocycles. The maximum absolute atomic E-state index is 12.9. The van der Waals surface area contributed by atoms with Crippen molar-refractivity contribution >= 4 is 28.3 Å². The Balaban J connectivity index is 0.00000243. The second kappa shape index (κ2) is 9.17. The number of amides is 1. The summed E-state index contributed by atoms with van der Waals surface area (Å²) in [7, 11) is -3.54. The van der Waals surface area contributed by atoms with Gasteiger partial charge in [0.25, 0.3) is 5.91 Å². The van der Waals surface area contributed by atoms with E-state index in [4.69, 9.17) is 0 Å². The van der Waals surface area contributed by atoms with Crippen molar-refractivity contribution in [2.45, 2.75) is 43.5 Å². The van der Waals surface area contributed by atoms with Gasteiger partial charge in [-0.15, -0.1) is 12.4 Å². The van der Waals surface area contributed by atoms with Crippen molar-refractivity contribution in [2.24, 2.45) is 0 Å². The van der Waals surface area contributed by atoms with Crippen molar-refractivity contribution in [1.29, 1.82) is 0 Å². The minimum absolute atomic E-state index is 0. The van der Waals surface area contributed by atoms with Crippen LogP contribution in [0.25, 0.3) is 0 Å². The van der Waals surface area contributed by atoms with Crippen LogP contribution >= 0.6 is 12.4 Å². The maximum Gasteiger partial charge on any atom is 0.254 e. The van der Waals surface area contributed by atoms with Gasteiger partial charge in [0, 0.05) is 44.3 Å². The Morgan fingerprint density at radius 2 is 1.81 bits per heavy atom. The molecule has 1 atom stereocenters. The van der Waals surface area contributed by atoms with Crippen LogP contribution in [0.5, 0.6) is 0 Å². The van der Waals surface area contributed by atoms with Gasteiger partial charge in [-0.3, -0.25) is 4.79 Å². The van der Waals surface area contributed by atoms with Gasteiger partial charge in [-0.05, 0) is 38.0 Å². The second-order valence-electron chi connectivity index (χ2n) is 6.90. The van der Waals surface area contributed by atoms with Crippen LogP contribution in [-0.2, 0) is 10.0 Å². The Hall–Kier alpha value is -1.15.